The molecule has 0 saturated carbocycles. The Kier molecular flexibility index (Phi) is 5.25. The van der Waals surface area contributed by atoms with Crippen LogP contribution in [0.15, 0.2) is 24.3 Å². The zero-order valence-electron chi connectivity index (χ0n) is 9.68. The number of hydrogen-bond acceptors (Lipinski definition) is 4. The van der Waals surface area contributed by atoms with Gasteiger partial charge in [-0.1, -0.05) is 18.2 Å². The van der Waals surface area contributed by atoms with Crippen molar-refractivity contribution in [3.63, 3.8) is 0 Å². The predicted octanol–water partition coefficient (Wildman–Crippen LogP) is 1.05. The van der Waals surface area contributed by atoms with Crippen LogP contribution in [0, 0.1) is 0 Å². The Morgan fingerprint density at radius 1 is 1.38 bits per heavy atom. The molecule has 2 atom stereocenters. The van der Waals surface area contributed by atoms with Crippen LogP contribution in [-0.2, 0) is 4.74 Å². The first-order chi connectivity index (χ1) is 7.65. The molecule has 2 unspecified atom stereocenters. The lowest BCUT2D eigenvalue weighted by Gasteiger charge is -2.17. The minimum absolute atomic E-state index is 0.00675. The fourth-order valence-corrected chi connectivity index (χ4v) is 1.53. The summed E-state index contributed by atoms with van der Waals surface area (Å²) in [4.78, 5) is 0. The van der Waals surface area contributed by atoms with E-state index in [1.54, 1.807) is 19.2 Å². The minimum Gasteiger partial charge on any atom is -0.508 e. The van der Waals surface area contributed by atoms with E-state index in [1.807, 2.05) is 19.1 Å². The average Bonchev–Trinajstić information content (AvgIpc) is 2.27. The second-order valence-electron chi connectivity index (χ2n) is 3.80. The molecule has 0 aliphatic heterocycles. The molecule has 3 N–H and O–H groups in total. The van der Waals surface area contributed by atoms with Crippen molar-refractivity contribution in [2.45, 2.75) is 19.1 Å². The van der Waals surface area contributed by atoms with Crippen LogP contribution in [0.25, 0.3) is 0 Å². The maximum absolute atomic E-state index is 9.62. The van der Waals surface area contributed by atoms with Gasteiger partial charge in [-0.2, -0.15) is 0 Å². The van der Waals surface area contributed by atoms with Crippen molar-refractivity contribution < 1.29 is 14.9 Å². The van der Waals surface area contributed by atoms with Gasteiger partial charge < -0.3 is 20.3 Å². The lowest BCUT2D eigenvalue weighted by Crippen LogP contribution is -2.31. The van der Waals surface area contributed by atoms with E-state index >= 15 is 0 Å². The monoisotopic (exact) mass is 225 g/mol. The fraction of sp³-hybridized carbons (Fsp3) is 0.500. The maximum atomic E-state index is 9.62. The minimum atomic E-state index is -0.529. The molecule has 0 aliphatic carbocycles. The van der Waals surface area contributed by atoms with Gasteiger partial charge in [-0.05, 0) is 13.0 Å². The van der Waals surface area contributed by atoms with Gasteiger partial charge >= 0.3 is 0 Å². The zero-order chi connectivity index (χ0) is 12.0. The number of aromatic hydroxyl groups is 1. The summed E-state index contributed by atoms with van der Waals surface area (Å²) in [6.07, 6.45) is -0.529. The molecule has 0 heterocycles. The van der Waals surface area contributed by atoms with Gasteiger partial charge in [-0.25, -0.2) is 0 Å². The second-order valence-corrected chi connectivity index (χ2v) is 3.80. The van der Waals surface area contributed by atoms with E-state index in [1.165, 1.54) is 0 Å². The molecule has 0 radical (unpaired) electrons. The Morgan fingerprint density at radius 3 is 2.69 bits per heavy atom. The molecule has 16 heavy (non-hydrogen) atoms. The molecular formula is C12H19NO3. The molecule has 1 aromatic carbocycles. The summed E-state index contributed by atoms with van der Waals surface area (Å²) in [5, 5.41) is 22.2. The SMILES string of the molecule is COCC(O)CNC(C)c1ccccc1O. The number of ether oxygens (including phenoxy) is 1. The largest absolute Gasteiger partial charge is 0.508 e. The van der Waals surface area contributed by atoms with E-state index in [9.17, 15) is 10.2 Å². The molecule has 4 heteroatoms. The lowest BCUT2D eigenvalue weighted by atomic mass is 10.1. The van der Waals surface area contributed by atoms with Gasteiger partial charge in [0.05, 0.1) is 12.7 Å². The molecule has 0 aliphatic rings. The number of para-hydroxylation sites is 1. The van der Waals surface area contributed by atoms with Crippen LogP contribution in [0.3, 0.4) is 0 Å². The average molecular weight is 225 g/mol. The van der Waals surface area contributed by atoms with E-state index in [2.05, 4.69) is 5.32 Å². The van der Waals surface area contributed by atoms with Crippen LogP contribution in [0.5, 0.6) is 5.75 Å². The summed E-state index contributed by atoms with van der Waals surface area (Å²) < 4.78 is 4.83. The van der Waals surface area contributed by atoms with E-state index < -0.39 is 6.10 Å². The normalized spacial score (nSPS) is 14.7. The third-order valence-corrected chi connectivity index (χ3v) is 2.42. The summed E-state index contributed by atoms with van der Waals surface area (Å²) in [6, 6.07) is 7.16. The number of rotatable bonds is 6. The first kappa shape index (κ1) is 13.0. The van der Waals surface area contributed by atoms with Crippen LogP contribution in [0.2, 0.25) is 0 Å². The Morgan fingerprint density at radius 2 is 2.06 bits per heavy atom. The van der Waals surface area contributed by atoms with Crippen LogP contribution in [0.1, 0.15) is 18.5 Å². The number of phenols is 1. The van der Waals surface area contributed by atoms with E-state index in [-0.39, 0.29) is 11.8 Å². The molecule has 1 rings (SSSR count). The fourth-order valence-electron chi connectivity index (χ4n) is 1.53. The van der Waals surface area contributed by atoms with Crippen LogP contribution in [0.4, 0.5) is 0 Å². The van der Waals surface area contributed by atoms with Gasteiger partial charge in [-0.3, -0.25) is 0 Å². The van der Waals surface area contributed by atoms with Gasteiger partial charge in [0, 0.05) is 25.3 Å². The van der Waals surface area contributed by atoms with Crippen molar-refractivity contribution in [1.82, 2.24) is 5.32 Å². The van der Waals surface area contributed by atoms with Gasteiger partial charge in [-0.15, -0.1) is 0 Å². The van der Waals surface area contributed by atoms with E-state index in [4.69, 9.17) is 4.74 Å². The molecule has 0 spiro atoms. The molecule has 0 bridgehead atoms. The lowest BCUT2D eigenvalue weighted by molar-refractivity contribution is 0.0630. The quantitative estimate of drug-likeness (QED) is 0.677. The molecule has 0 fully saturated rings. The number of methoxy groups -OCH3 is 1. The Bertz CT molecular complexity index is 317. The predicted molar refractivity (Wildman–Crippen MR) is 62.4 cm³/mol. The Labute approximate surface area is 95.9 Å². The molecule has 0 saturated heterocycles. The summed E-state index contributed by atoms with van der Waals surface area (Å²) in [5.41, 5.74) is 0.826. The third kappa shape index (κ3) is 3.81. The van der Waals surface area contributed by atoms with Crippen LogP contribution in [-0.4, -0.2) is 36.6 Å². The zero-order valence-corrected chi connectivity index (χ0v) is 9.68. The number of benzene rings is 1. The van der Waals surface area contributed by atoms with Gasteiger partial charge in [0.2, 0.25) is 0 Å². The number of aliphatic hydroxyl groups is 1. The summed E-state index contributed by atoms with van der Waals surface area (Å²) in [6.45, 7) is 2.68. The van der Waals surface area contributed by atoms with Gasteiger partial charge in [0.25, 0.3) is 0 Å². The summed E-state index contributed by atoms with van der Waals surface area (Å²) in [5.74, 6) is 0.267. The molecule has 0 amide bonds. The van der Waals surface area contributed by atoms with E-state index in [0.717, 1.165) is 5.56 Å². The van der Waals surface area contributed by atoms with Crippen LogP contribution < -0.4 is 5.32 Å². The number of hydrogen-bond donors (Lipinski definition) is 3. The summed E-state index contributed by atoms with van der Waals surface area (Å²) >= 11 is 0. The van der Waals surface area contributed by atoms with Crippen molar-refractivity contribution in [3.05, 3.63) is 29.8 Å². The Hall–Kier alpha value is -1.10. The smallest absolute Gasteiger partial charge is 0.120 e. The highest BCUT2D eigenvalue weighted by atomic mass is 16.5. The van der Waals surface area contributed by atoms with Crippen molar-refractivity contribution in [3.8, 4) is 5.75 Å². The van der Waals surface area contributed by atoms with Crippen molar-refractivity contribution in [2.24, 2.45) is 0 Å². The number of nitrogens with one attached hydrogen (secondary N) is 1. The number of phenolic OH excluding ortho intramolecular Hbond substituents is 1. The molecule has 0 aromatic heterocycles. The molecular weight excluding hydrogens is 206 g/mol. The first-order valence-corrected chi connectivity index (χ1v) is 5.33. The molecule has 1 aromatic rings. The second kappa shape index (κ2) is 6.48. The Balaban J connectivity index is 2.46. The highest BCUT2D eigenvalue weighted by Crippen LogP contribution is 2.22. The van der Waals surface area contributed by atoms with Gasteiger partial charge in [0.15, 0.2) is 0 Å². The number of aliphatic hydroxyl groups excluding tert-OH is 1. The third-order valence-electron chi connectivity index (χ3n) is 2.42. The van der Waals surface area contributed by atoms with E-state index in [0.29, 0.717) is 13.2 Å². The van der Waals surface area contributed by atoms with Gasteiger partial charge in [0.1, 0.15) is 5.75 Å². The van der Waals surface area contributed by atoms with Crippen molar-refractivity contribution in [1.29, 1.82) is 0 Å². The van der Waals surface area contributed by atoms with Crippen molar-refractivity contribution >= 4 is 0 Å². The van der Waals surface area contributed by atoms with Crippen LogP contribution >= 0.6 is 0 Å². The summed E-state index contributed by atoms with van der Waals surface area (Å²) in [7, 11) is 1.55. The topological polar surface area (TPSA) is 61.7 Å². The standard InChI is InChI=1S/C12H19NO3/c1-9(13-7-10(14)8-16-2)11-5-3-4-6-12(11)15/h3-6,9-10,13-15H,7-8H2,1-2H3. The maximum Gasteiger partial charge on any atom is 0.120 e. The van der Waals surface area contributed by atoms with Crippen molar-refractivity contribution in [2.75, 3.05) is 20.3 Å². The molecule has 4 nitrogen and oxygen atoms in total. The first-order valence-electron chi connectivity index (χ1n) is 5.33. The highest BCUT2D eigenvalue weighted by Gasteiger charge is 2.11. The highest BCUT2D eigenvalue weighted by molar-refractivity contribution is 5.34. The molecule has 90 valence electrons.